The summed E-state index contributed by atoms with van der Waals surface area (Å²) < 4.78 is 4.70. The number of phenolic OH excluding ortho intramolecular Hbond substituents is 2. The van der Waals surface area contributed by atoms with E-state index >= 15 is 0 Å². The number of carbonyl (C=O) groups excluding carboxylic acids is 2. The van der Waals surface area contributed by atoms with E-state index in [1.54, 1.807) is 0 Å². The number of amides is 1. The lowest BCUT2D eigenvalue weighted by molar-refractivity contribution is -0.146. The van der Waals surface area contributed by atoms with Gasteiger partial charge in [-0.25, -0.2) is 0 Å². The fourth-order valence-corrected chi connectivity index (χ4v) is 2.39. The van der Waals surface area contributed by atoms with Crippen molar-refractivity contribution in [2.45, 2.75) is 12.8 Å². The maximum atomic E-state index is 12.3. The summed E-state index contributed by atoms with van der Waals surface area (Å²) in [5, 5.41) is 19.1. The highest BCUT2D eigenvalue weighted by Gasteiger charge is 2.30. The number of esters is 1. The van der Waals surface area contributed by atoms with Crippen LogP contribution in [0.15, 0.2) is 18.2 Å². The molecule has 1 fully saturated rings. The summed E-state index contributed by atoms with van der Waals surface area (Å²) in [5.74, 6) is -1.34. The first-order valence-corrected chi connectivity index (χ1v) is 6.42. The van der Waals surface area contributed by atoms with E-state index in [1.807, 2.05) is 0 Å². The first-order valence-electron chi connectivity index (χ1n) is 6.42. The molecule has 2 N–H and O–H groups in total. The van der Waals surface area contributed by atoms with E-state index < -0.39 is 5.91 Å². The molecule has 0 saturated carbocycles. The van der Waals surface area contributed by atoms with Crippen molar-refractivity contribution in [1.82, 2.24) is 4.90 Å². The third-order valence-corrected chi connectivity index (χ3v) is 3.45. The van der Waals surface area contributed by atoms with Gasteiger partial charge in [-0.1, -0.05) is 0 Å². The van der Waals surface area contributed by atoms with Crippen molar-refractivity contribution in [3.8, 4) is 11.5 Å². The lowest BCUT2D eigenvalue weighted by Gasteiger charge is -2.31. The van der Waals surface area contributed by atoms with Crippen LogP contribution in [0.25, 0.3) is 0 Å². The molecule has 0 aromatic heterocycles. The zero-order valence-corrected chi connectivity index (χ0v) is 11.2. The van der Waals surface area contributed by atoms with Crippen LogP contribution >= 0.6 is 0 Å². The van der Waals surface area contributed by atoms with Crippen molar-refractivity contribution in [2.24, 2.45) is 5.92 Å². The Labute approximate surface area is 116 Å². The molecule has 1 amide bonds. The van der Waals surface area contributed by atoms with E-state index in [2.05, 4.69) is 0 Å². The van der Waals surface area contributed by atoms with Crippen molar-refractivity contribution in [2.75, 3.05) is 20.2 Å². The van der Waals surface area contributed by atoms with Crippen LogP contribution in [0.4, 0.5) is 0 Å². The zero-order chi connectivity index (χ0) is 14.7. The van der Waals surface area contributed by atoms with Crippen molar-refractivity contribution in [3.05, 3.63) is 23.8 Å². The van der Waals surface area contributed by atoms with Gasteiger partial charge in [-0.3, -0.25) is 9.59 Å². The van der Waals surface area contributed by atoms with Crippen molar-refractivity contribution in [1.29, 1.82) is 0 Å². The van der Waals surface area contributed by atoms with Crippen LogP contribution in [-0.2, 0) is 9.53 Å². The highest BCUT2D eigenvalue weighted by Crippen LogP contribution is 2.26. The molecule has 1 atom stereocenters. The Kier molecular flexibility index (Phi) is 4.12. The van der Waals surface area contributed by atoms with E-state index in [0.29, 0.717) is 19.4 Å². The van der Waals surface area contributed by atoms with E-state index in [0.717, 1.165) is 0 Å². The minimum atomic E-state index is -0.396. The highest BCUT2D eigenvalue weighted by atomic mass is 16.5. The molecule has 0 spiro atoms. The van der Waals surface area contributed by atoms with Gasteiger partial charge in [-0.2, -0.15) is 0 Å². The number of likely N-dealkylation sites (tertiary alicyclic amines) is 1. The normalized spacial score (nSPS) is 18.6. The Morgan fingerprint density at radius 3 is 2.80 bits per heavy atom. The minimum Gasteiger partial charge on any atom is -0.508 e. The molecule has 1 aromatic carbocycles. The average molecular weight is 279 g/mol. The van der Waals surface area contributed by atoms with Gasteiger partial charge in [0.25, 0.3) is 5.91 Å². The van der Waals surface area contributed by atoms with Crippen LogP contribution < -0.4 is 0 Å². The van der Waals surface area contributed by atoms with Crippen LogP contribution in [0, 0.1) is 5.92 Å². The van der Waals surface area contributed by atoms with Gasteiger partial charge in [0, 0.05) is 13.1 Å². The molecule has 0 radical (unpaired) electrons. The Morgan fingerprint density at radius 1 is 1.35 bits per heavy atom. The number of phenols is 2. The number of rotatable bonds is 2. The zero-order valence-electron chi connectivity index (χ0n) is 11.2. The van der Waals surface area contributed by atoms with Crippen LogP contribution in [0.3, 0.4) is 0 Å². The molecular formula is C14H17NO5. The second-order valence-corrected chi connectivity index (χ2v) is 4.81. The quantitative estimate of drug-likeness (QED) is 0.626. The lowest BCUT2D eigenvalue weighted by Crippen LogP contribution is -2.42. The molecule has 0 aliphatic carbocycles. The lowest BCUT2D eigenvalue weighted by atomic mass is 9.97. The maximum absolute atomic E-state index is 12.3. The minimum absolute atomic E-state index is 0.0375. The molecule has 0 bridgehead atoms. The first kappa shape index (κ1) is 14.2. The Balaban J connectivity index is 2.16. The topological polar surface area (TPSA) is 87.1 Å². The molecule has 1 unspecified atom stereocenters. The van der Waals surface area contributed by atoms with E-state index in [1.165, 1.54) is 30.2 Å². The number of hydrogen-bond donors (Lipinski definition) is 2. The predicted molar refractivity (Wildman–Crippen MR) is 70.4 cm³/mol. The fourth-order valence-electron chi connectivity index (χ4n) is 2.39. The van der Waals surface area contributed by atoms with Gasteiger partial charge < -0.3 is 19.8 Å². The highest BCUT2D eigenvalue weighted by molar-refractivity contribution is 5.97. The second-order valence-electron chi connectivity index (χ2n) is 4.81. The molecular weight excluding hydrogens is 262 g/mol. The van der Waals surface area contributed by atoms with Crippen LogP contribution in [0.1, 0.15) is 23.2 Å². The number of methoxy groups -OCH3 is 1. The summed E-state index contributed by atoms with van der Waals surface area (Å²) in [6, 6.07) is 3.79. The first-order chi connectivity index (χ1) is 9.52. The number of aromatic hydroxyl groups is 2. The van der Waals surface area contributed by atoms with Gasteiger partial charge in [0.15, 0.2) is 0 Å². The van der Waals surface area contributed by atoms with Gasteiger partial charge in [0.2, 0.25) is 0 Å². The summed E-state index contributed by atoms with van der Waals surface area (Å²) in [4.78, 5) is 25.4. The smallest absolute Gasteiger partial charge is 0.310 e. The Hall–Kier alpha value is -2.24. The van der Waals surface area contributed by atoms with Crippen molar-refractivity contribution >= 4 is 11.9 Å². The number of piperidine rings is 1. The van der Waals surface area contributed by atoms with E-state index in [-0.39, 0.29) is 35.5 Å². The monoisotopic (exact) mass is 279 g/mol. The number of hydrogen-bond acceptors (Lipinski definition) is 5. The standard InChI is InChI=1S/C14H17NO5/c1-20-14(19)9-3-2-6-15(8-9)13(18)11-7-10(16)4-5-12(11)17/h4-5,7,9,16-17H,2-3,6,8H2,1H3. The van der Waals surface area contributed by atoms with Gasteiger partial charge in [0.05, 0.1) is 18.6 Å². The van der Waals surface area contributed by atoms with Crippen LogP contribution in [0.5, 0.6) is 11.5 Å². The van der Waals surface area contributed by atoms with Gasteiger partial charge in [-0.15, -0.1) is 0 Å². The Bertz CT molecular complexity index is 528. The molecule has 6 heteroatoms. The van der Waals surface area contributed by atoms with Gasteiger partial charge in [0.1, 0.15) is 11.5 Å². The van der Waals surface area contributed by atoms with Gasteiger partial charge >= 0.3 is 5.97 Å². The van der Waals surface area contributed by atoms with E-state index in [9.17, 15) is 19.8 Å². The van der Waals surface area contributed by atoms with Crippen molar-refractivity contribution < 1.29 is 24.5 Å². The summed E-state index contributed by atoms with van der Waals surface area (Å²) in [6.07, 6.45) is 1.38. The summed E-state index contributed by atoms with van der Waals surface area (Å²) in [5.41, 5.74) is 0.0375. The fraction of sp³-hybridized carbons (Fsp3) is 0.429. The van der Waals surface area contributed by atoms with Gasteiger partial charge in [-0.05, 0) is 31.0 Å². The van der Waals surface area contributed by atoms with Crippen molar-refractivity contribution in [3.63, 3.8) is 0 Å². The molecule has 1 saturated heterocycles. The molecule has 2 rings (SSSR count). The van der Waals surface area contributed by atoms with Crippen LogP contribution in [-0.4, -0.2) is 47.2 Å². The molecule has 20 heavy (non-hydrogen) atoms. The molecule has 1 aromatic rings. The summed E-state index contributed by atoms with van der Waals surface area (Å²) in [7, 11) is 1.32. The SMILES string of the molecule is COC(=O)C1CCCN(C(=O)c2cc(O)ccc2O)C1. The largest absolute Gasteiger partial charge is 0.508 e. The Morgan fingerprint density at radius 2 is 2.10 bits per heavy atom. The third-order valence-electron chi connectivity index (χ3n) is 3.45. The van der Waals surface area contributed by atoms with E-state index in [4.69, 9.17) is 4.74 Å². The molecule has 1 heterocycles. The summed E-state index contributed by atoms with van der Waals surface area (Å²) in [6.45, 7) is 0.780. The predicted octanol–water partition coefficient (Wildman–Crippen LogP) is 1.12. The van der Waals surface area contributed by atoms with Crippen LogP contribution in [0.2, 0.25) is 0 Å². The number of carbonyl (C=O) groups is 2. The number of nitrogens with zero attached hydrogens (tertiary/aromatic N) is 1. The molecule has 1 aliphatic rings. The number of ether oxygens (including phenoxy) is 1. The number of benzene rings is 1. The second kappa shape index (κ2) is 5.81. The maximum Gasteiger partial charge on any atom is 0.310 e. The molecule has 108 valence electrons. The molecule has 6 nitrogen and oxygen atoms in total. The summed E-state index contributed by atoms with van der Waals surface area (Å²) >= 11 is 0. The third kappa shape index (κ3) is 2.84. The molecule has 1 aliphatic heterocycles. The average Bonchev–Trinajstić information content (AvgIpc) is 2.48.